The number of carbonyl (C=O) groups excluding carboxylic acids is 1. The highest BCUT2D eigenvalue weighted by atomic mass is 16.7. The van der Waals surface area contributed by atoms with Crippen LogP contribution in [0.5, 0.6) is 0 Å². The lowest BCUT2D eigenvalue weighted by Crippen LogP contribution is -2.57. The van der Waals surface area contributed by atoms with Gasteiger partial charge in [-0.25, -0.2) is 0 Å². The SMILES string of the molecule is CC(=O)c1cc(CO[C@@H]2O[C@@H](C)[C@@H](O)[C@@H](O)[C@@H]2O)on1. The maximum atomic E-state index is 11.0. The second kappa shape index (κ2) is 5.98. The molecule has 1 aliphatic heterocycles. The number of nitrogens with zero attached hydrogens (tertiary/aromatic N) is 1. The third kappa shape index (κ3) is 3.05. The molecule has 0 aromatic carbocycles. The molecule has 3 N–H and O–H groups in total. The van der Waals surface area contributed by atoms with Crippen molar-refractivity contribution in [2.75, 3.05) is 0 Å². The molecule has 2 heterocycles. The molecule has 0 spiro atoms. The fourth-order valence-electron chi connectivity index (χ4n) is 1.86. The van der Waals surface area contributed by atoms with E-state index in [0.717, 1.165) is 0 Å². The van der Waals surface area contributed by atoms with Gasteiger partial charge in [-0.1, -0.05) is 5.16 Å². The Morgan fingerprint density at radius 1 is 1.35 bits per heavy atom. The fourth-order valence-corrected chi connectivity index (χ4v) is 1.86. The minimum Gasteiger partial charge on any atom is -0.388 e. The quantitative estimate of drug-likeness (QED) is 0.616. The molecule has 1 saturated heterocycles. The number of aromatic nitrogens is 1. The van der Waals surface area contributed by atoms with Crippen molar-refractivity contribution >= 4 is 5.78 Å². The van der Waals surface area contributed by atoms with E-state index < -0.39 is 30.7 Å². The van der Waals surface area contributed by atoms with Crippen molar-refractivity contribution in [1.82, 2.24) is 5.16 Å². The molecule has 0 bridgehead atoms. The lowest BCUT2D eigenvalue weighted by atomic mass is 10.0. The third-order valence-corrected chi connectivity index (χ3v) is 3.12. The van der Waals surface area contributed by atoms with Gasteiger partial charge in [0.2, 0.25) is 0 Å². The van der Waals surface area contributed by atoms with Crippen molar-refractivity contribution in [2.24, 2.45) is 0 Å². The minimum atomic E-state index is -1.38. The molecule has 112 valence electrons. The summed E-state index contributed by atoms with van der Waals surface area (Å²) in [6, 6.07) is 1.42. The van der Waals surface area contributed by atoms with E-state index in [-0.39, 0.29) is 18.1 Å². The van der Waals surface area contributed by atoms with Crippen LogP contribution < -0.4 is 0 Å². The van der Waals surface area contributed by atoms with Crippen LogP contribution >= 0.6 is 0 Å². The minimum absolute atomic E-state index is 0.0858. The van der Waals surface area contributed by atoms with Crippen molar-refractivity contribution in [2.45, 2.75) is 51.2 Å². The molecule has 2 rings (SSSR count). The molecule has 20 heavy (non-hydrogen) atoms. The van der Waals surface area contributed by atoms with Crippen LogP contribution in [-0.4, -0.2) is 57.0 Å². The van der Waals surface area contributed by atoms with Gasteiger partial charge in [-0.05, 0) is 6.92 Å². The molecule has 1 fully saturated rings. The first-order valence-corrected chi connectivity index (χ1v) is 6.18. The van der Waals surface area contributed by atoms with Gasteiger partial charge in [0.25, 0.3) is 0 Å². The number of rotatable bonds is 4. The molecule has 1 aromatic heterocycles. The summed E-state index contributed by atoms with van der Waals surface area (Å²) in [7, 11) is 0. The van der Waals surface area contributed by atoms with E-state index in [2.05, 4.69) is 5.16 Å². The number of carbonyl (C=O) groups is 1. The Morgan fingerprint density at radius 3 is 2.65 bits per heavy atom. The van der Waals surface area contributed by atoms with E-state index in [1.54, 1.807) is 6.92 Å². The van der Waals surface area contributed by atoms with Gasteiger partial charge < -0.3 is 29.3 Å². The summed E-state index contributed by atoms with van der Waals surface area (Å²) in [6.07, 6.45) is -5.70. The molecule has 0 amide bonds. The number of aliphatic hydroxyl groups excluding tert-OH is 3. The Labute approximate surface area is 114 Å². The molecular weight excluding hydrogens is 270 g/mol. The predicted octanol–water partition coefficient (Wildman–Crippen LogP) is -0.779. The third-order valence-electron chi connectivity index (χ3n) is 3.12. The van der Waals surface area contributed by atoms with E-state index in [0.29, 0.717) is 5.76 Å². The van der Waals surface area contributed by atoms with Crippen LogP contribution in [-0.2, 0) is 16.1 Å². The van der Waals surface area contributed by atoms with Crippen molar-refractivity contribution in [3.05, 3.63) is 17.5 Å². The van der Waals surface area contributed by atoms with Crippen molar-refractivity contribution in [3.63, 3.8) is 0 Å². The van der Waals surface area contributed by atoms with Crippen LogP contribution in [0.4, 0.5) is 0 Å². The molecule has 5 atom stereocenters. The van der Waals surface area contributed by atoms with Gasteiger partial charge in [0.1, 0.15) is 30.6 Å². The predicted molar refractivity (Wildman–Crippen MR) is 63.7 cm³/mol. The van der Waals surface area contributed by atoms with Gasteiger partial charge >= 0.3 is 0 Å². The van der Waals surface area contributed by atoms with Crippen molar-refractivity contribution < 1.29 is 34.1 Å². The van der Waals surface area contributed by atoms with Gasteiger partial charge in [0.15, 0.2) is 17.8 Å². The number of aliphatic hydroxyl groups is 3. The molecule has 8 nitrogen and oxygen atoms in total. The Morgan fingerprint density at radius 2 is 2.05 bits per heavy atom. The van der Waals surface area contributed by atoms with Gasteiger partial charge in [-0.15, -0.1) is 0 Å². The summed E-state index contributed by atoms with van der Waals surface area (Å²) in [4.78, 5) is 11.0. The van der Waals surface area contributed by atoms with E-state index in [1.807, 2.05) is 0 Å². The first kappa shape index (κ1) is 15.1. The lowest BCUT2D eigenvalue weighted by Gasteiger charge is -2.38. The summed E-state index contributed by atoms with van der Waals surface area (Å²) >= 11 is 0. The summed E-state index contributed by atoms with van der Waals surface area (Å²) < 4.78 is 15.4. The largest absolute Gasteiger partial charge is 0.388 e. The molecule has 1 aromatic rings. The maximum absolute atomic E-state index is 11.0. The van der Waals surface area contributed by atoms with E-state index in [4.69, 9.17) is 14.0 Å². The summed E-state index contributed by atoms with van der Waals surface area (Å²) in [5, 5.41) is 32.4. The molecule has 0 saturated carbocycles. The highest BCUT2D eigenvalue weighted by Crippen LogP contribution is 2.22. The Kier molecular flexibility index (Phi) is 4.51. The van der Waals surface area contributed by atoms with Crippen LogP contribution in [0.25, 0.3) is 0 Å². The fraction of sp³-hybridized carbons (Fsp3) is 0.667. The number of ether oxygens (including phenoxy) is 2. The first-order chi connectivity index (χ1) is 9.40. The second-order valence-electron chi connectivity index (χ2n) is 4.73. The summed E-state index contributed by atoms with van der Waals surface area (Å²) in [5.41, 5.74) is 0.178. The maximum Gasteiger partial charge on any atom is 0.187 e. The monoisotopic (exact) mass is 287 g/mol. The average Bonchev–Trinajstić information content (AvgIpc) is 2.88. The zero-order valence-corrected chi connectivity index (χ0v) is 11.1. The summed E-state index contributed by atoms with van der Waals surface area (Å²) in [6.45, 7) is 2.83. The standard InChI is InChI=1S/C12H17NO7/c1-5(14)8-3-7(20-13-8)4-18-12-11(17)10(16)9(15)6(2)19-12/h3,6,9-12,15-17H,4H2,1-2H3/t6-,9+,10+,11-,12+/m0/s1. The molecule has 0 aliphatic carbocycles. The number of Topliss-reactive ketones (excluding diaryl/α,β-unsaturated/α-hetero) is 1. The number of hydrogen-bond donors (Lipinski definition) is 3. The van der Waals surface area contributed by atoms with Crippen LogP contribution in [0, 0.1) is 0 Å². The second-order valence-corrected chi connectivity index (χ2v) is 4.73. The molecule has 0 radical (unpaired) electrons. The normalized spacial score (nSPS) is 34.1. The van der Waals surface area contributed by atoms with Crippen LogP contribution in [0.3, 0.4) is 0 Å². The van der Waals surface area contributed by atoms with Crippen molar-refractivity contribution in [1.29, 1.82) is 0 Å². The molecule has 8 heteroatoms. The summed E-state index contributed by atoms with van der Waals surface area (Å²) in [5.74, 6) is 0.0559. The molecule has 0 unspecified atom stereocenters. The van der Waals surface area contributed by atoms with Crippen LogP contribution in [0.1, 0.15) is 30.1 Å². The van der Waals surface area contributed by atoms with Gasteiger partial charge in [0.05, 0.1) is 6.10 Å². The highest BCUT2D eigenvalue weighted by molar-refractivity contribution is 5.91. The van der Waals surface area contributed by atoms with Gasteiger partial charge in [-0.2, -0.15) is 0 Å². The topological polar surface area (TPSA) is 122 Å². The van der Waals surface area contributed by atoms with Gasteiger partial charge in [-0.3, -0.25) is 4.79 Å². The highest BCUT2D eigenvalue weighted by Gasteiger charge is 2.42. The van der Waals surface area contributed by atoms with Crippen LogP contribution in [0.2, 0.25) is 0 Å². The molecule has 1 aliphatic rings. The zero-order valence-electron chi connectivity index (χ0n) is 11.1. The number of ketones is 1. The van der Waals surface area contributed by atoms with E-state index in [9.17, 15) is 20.1 Å². The Bertz CT molecular complexity index is 474. The average molecular weight is 287 g/mol. The lowest BCUT2D eigenvalue weighted by molar-refractivity contribution is -0.297. The van der Waals surface area contributed by atoms with E-state index in [1.165, 1.54) is 13.0 Å². The number of hydrogen-bond acceptors (Lipinski definition) is 8. The van der Waals surface area contributed by atoms with Crippen molar-refractivity contribution in [3.8, 4) is 0 Å². The Hall–Kier alpha value is -1.32. The zero-order chi connectivity index (χ0) is 14.9. The molecular formula is C12H17NO7. The first-order valence-electron chi connectivity index (χ1n) is 6.18. The smallest absolute Gasteiger partial charge is 0.187 e. The van der Waals surface area contributed by atoms with Gasteiger partial charge in [0, 0.05) is 13.0 Å². The van der Waals surface area contributed by atoms with Crippen LogP contribution in [0.15, 0.2) is 10.6 Å². The Balaban J connectivity index is 1.94. The van der Waals surface area contributed by atoms with E-state index >= 15 is 0 Å².